The van der Waals surface area contributed by atoms with E-state index in [-0.39, 0.29) is 11.9 Å². The highest BCUT2D eigenvalue weighted by atomic mass is 32.1. The van der Waals surface area contributed by atoms with Crippen LogP contribution in [0.1, 0.15) is 46.6 Å². The lowest BCUT2D eigenvalue weighted by Crippen LogP contribution is -2.48. The van der Waals surface area contributed by atoms with Crippen molar-refractivity contribution in [1.29, 1.82) is 0 Å². The van der Waals surface area contributed by atoms with Crippen molar-refractivity contribution >= 4 is 28.2 Å². The average Bonchev–Trinajstić information content (AvgIpc) is 3.12. The van der Waals surface area contributed by atoms with Crippen LogP contribution < -0.4 is 5.32 Å². The topological polar surface area (TPSA) is 61.9 Å². The van der Waals surface area contributed by atoms with Crippen LogP contribution >= 0.6 is 11.3 Å². The Labute approximate surface area is 194 Å². The molecule has 0 bridgehead atoms. The SMILES string of the molecule is CCOC(=O)c1c(NC(=O)CN2CCN(Cc3ccccc3)CC2)sc2c1CC[C@@H](C)C2. The van der Waals surface area contributed by atoms with Crippen LogP contribution in [0.2, 0.25) is 0 Å². The number of thiophene rings is 1. The molecule has 2 heterocycles. The van der Waals surface area contributed by atoms with E-state index < -0.39 is 0 Å². The molecule has 2 aliphatic rings. The zero-order valence-corrected chi connectivity index (χ0v) is 19.9. The van der Waals surface area contributed by atoms with E-state index in [0.717, 1.165) is 57.5 Å². The van der Waals surface area contributed by atoms with Crippen molar-refractivity contribution in [2.75, 3.05) is 44.6 Å². The van der Waals surface area contributed by atoms with Gasteiger partial charge in [-0.1, -0.05) is 37.3 Å². The van der Waals surface area contributed by atoms with Crippen LogP contribution in [-0.4, -0.2) is 61.0 Å². The maximum absolute atomic E-state index is 12.9. The molecule has 2 aromatic rings. The highest BCUT2D eigenvalue weighted by molar-refractivity contribution is 7.17. The Morgan fingerprint density at radius 2 is 1.84 bits per heavy atom. The van der Waals surface area contributed by atoms with Gasteiger partial charge in [-0.15, -0.1) is 11.3 Å². The van der Waals surface area contributed by atoms with Gasteiger partial charge in [-0.25, -0.2) is 4.79 Å². The highest BCUT2D eigenvalue weighted by Crippen LogP contribution is 2.40. The lowest BCUT2D eigenvalue weighted by atomic mass is 9.88. The fourth-order valence-corrected chi connectivity index (χ4v) is 5.99. The number of piperazine rings is 1. The van der Waals surface area contributed by atoms with E-state index in [4.69, 9.17) is 4.74 Å². The Kier molecular flexibility index (Phi) is 7.60. The van der Waals surface area contributed by atoms with E-state index in [1.807, 2.05) is 13.0 Å². The Hall–Kier alpha value is -2.22. The minimum absolute atomic E-state index is 0.0568. The first-order chi connectivity index (χ1) is 15.5. The molecule has 1 aromatic heterocycles. The smallest absolute Gasteiger partial charge is 0.341 e. The largest absolute Gasteiger partial charge is 0.462 e. The van der Waals surface area contributed by atoms with Gasteiger partial charge in [0.1, 0.15) is 5.00 Å². The van der Waals surface area contributed by atoms with Gasteiger partial charge in [0.25, 0.3) is 0 Å². The number of amides is 1. The van der Waals surface area contributed by atoms with Crippen LogP contribution in [0.25, 0.3) is 0 Å². The third-order valence-electron chi connectivity index (χ3n) is 6.33. The van der Waals surface area contributed by atoms with Gasteiger partial charge in [-0.2, -0.15) is 0 Å². The molecule has 7 heteroatoms. The number of anilines is 1. The molecule has 0 unspecified atom stereocenters. The third-order valence-corrected chi connectivity index (χ3v) is 7.50. The fraction of sp³-hybridized carbons (Fsp3) is 0.520. The summed E-state index contributed by atoms with van der Waals surface area (Å²) in [7, 11) is 0. The molecule has 4 rings (SSSR count). The number of fused-ring (bicyclic) bond motifs is 1. The van der Waals surface area contributed by atoms with E-state index in [9.17, 15) is 9.59 Å². The first-order valence-electron chi connectivity index (χ1n) is 11.6. The summed E-state index contributed by atoms with van der Waals surface area (Å²) in [5.41, 5.74) is 2.98. The molecule has 0 saturated carbocycles. The first kappa shape index (κ1) is 23.0. The van der Waals surface area contributed by atoms with Crippen LogP contribution in [0.4, 0.5) is 5.00 Å². The summed E-state index contributed by atoms with van der Waals surface area (Å²) in [6, 6.07) is 10.5. The predicted molar refractivity (Wildman–Crippen MR) is 128 cm³/mol. The standard InChI is InChI=1S/C25H33N3O3S/c1-3-31-25(30)23-20-10-9-18(2)15-21(20)32-24(23)26-22(29)17-28-13-11-27(12-14-28)16-19-7-5-4-6-8-19/h4-8,18H,3,9-17H2,1-2H3,(H,26,29)/t18-/m1/s1. The van der Waals surface area contributed by atoms with Crippen molar-refractivity contribution in [1.82, 2.24) is 9.80 Å². The lowest BCUT2D eigenvalue weighted by Gasteiger charge is -2.34. The number of nitrogens with zero attached hydrogens (tertiary/aromatic N) is 2. The number of hydrogen-bond acceptors (Lipinski definition) is 6. The number of nitrogens with one attached hydrogen (secondary N) is 1. The minimum Gasteiger partial charge on any atom is -0.462 e. The Morgan fingerprint density at radius 3 is 2.56 bits per heavy atom. The van der Waals surface area contributed by atoms with Crippen molar-refractivity contribution in [3.05, 3.63) is 51.9 Å². The van der Waals surface area contributed by atoms with Gasteiger partial charge in [0, 0.05) is 37.6 Å². The van der Waals surface area contributed by atoms with Gasteiger partial charge in [0.05, 0.1) is 18.7 Å². The predicted octanol–water partition coefficient (Wildman–Crippen LogP) is 3.81. The maximum Gasteiger partial charge on any atom is 0.341 e. The van der Waals surface area contributed by atoms with E-state index in [2.05, 4.69) is 46.3 Å². The summed E-state index contributed by atoms with van der Waals surface area (Å²) < 4.78 is 5.31. The van der Waals surface area contributed by atoms with Gasteiger partial charge in [-0.3, -0.25) is 14.6 Å². The van der Waals surface area contributed by atoms with Crippen LogP contribution in [0, 0.1) is 5.92 Å². The summed E-state index contributed by atoms with van der Waals surface area (Å²) in [4.78, 5) is 31.3. The zero-order chi connectivity index (χ0) is 22.5. The molecule has 1 amide bonds. The Balaban J connectivity index is 1.35. The normalized spacial score (nSPS) is 19.4. The molecule has 0 radical (unpaired) electrons. The number of rotatable bonds is 7. The van der Waals surface area contributed by atoms with Crippen molar-refractivity contribution < 1.29 is 14.3 Å². The zero-order valence-electron chi connectivity index (χ0n) is 19.1. The number of carbonyl (C=O) groups is 2. The monoisotopic (exact) mass is 455 g/mol. The summed E-state index contributed by atoms with van der Waals surface area (Å²) in [6.45, 7) is 9.30. The number of benzene rings is 1. The number of ether oxygens (including phenoxy) is 1. The molecule has 32 heavy (non-hydrogen) atoms. The van der Waals surface area contributed by atoms with Crippen LogP contribution in [0.3, 0.4) is 0 Å². The molecule has 1 aliphatic heterocycles. The Bertz CT molecular complexity index is 935. The molecule has 1 N–H and O–H groups in total. The van der Waals surface area contributed by atoms with Crippen molar-refractivity contribution in [2.24, 2.45) is 5.92 Å². The lowest BCUT2D eigenvalue weighted by molar-refractivity contribution is -0.117. The molecular formula is C25H33N3O3S. The second kappa shape index (κ2) is 10.6. The minimum atomic E-state index is -0.315. The quantitative estimate of drug-likeness (QED) is 0.644. The third kappa shape index (κ3) is 5.57. The fourth-order valence-electron chi connectivity index (χ4n) is 4.57. The molecule has 1 aromatic carbocycles. The molecule has 1 fully saturated rings. The van der Waals surface area contributed by atoms with Crippen LogP contribution in [0.15, 0.2) is 30.3 Å². The van der Waals surface area contributed by atoms with Crippen LogP contribution in [0.5, 0.6) is 0 Å². The van der Waals surface area contributed by atoms with E-state index >= 15 is 0 Å². The van der Waals surface area contributed by atoms with E-state index in [0.29, 0.717) is 29.6 Å². The van der Waals surface area contributed by atoms with Gasteiger partial charge in [0.2, 0.25) is 5.91 Å². The number of esters is 1. The molecule has 0 spiro atoms. The van der Waals surface area contributed by atoms with Crippen molar-refractivity contribution in [3.63, 3.8) is 0 Å². The van der Waals surface area contributed by atoms with Crippen molar-refractivity contribution in [3.8, 4) is 0 Å². The maximum atomic E-state index is 12.9. The molecule has 6 nitrogen and oxygen atoms in total. The average molecular weight is 456 g/mol. The molecule has 1 saturated heterocycles. The summed E-state index contributed by atoms with van der Waals surface area (Å²) in [6.07, 6.45) is 2.91. The highest BCUT2D eigenvalue weighted by Gasteiger charge is 2.29. The van der Waals surface area contributed by atoms with Crippen LogP contribution in [-0.2, 0) is 28.9 Å². The number of carbonyl (C=O) groups excluding carboxylic acids is 2. The van der Waals surface area contributed by atoms with Crippen molar-refractivity contribution in [2.45, 2.75) is 39.7 Å². The molecule has 1 atom stereocenters. The second-order valence-electron chi connectivity index (χ2n) is 8.86. The first-order valence-corrected chi connectivity index (χ1v) is 12.4. The summed E-state index contributed by atoms with van der Waals surface area (Å²) in [5, 5.41) is 3.71. The summed E-state index contributed by atoms with van der Waals surface area (Å²) >= 11 is 1.55. The van der Waals surface area contributed by atoms with E-state index in [1.165, 1.54) is 10.4 Å². The van der Waals surface area contributed by atoms with Gasteiger partial charge < -0.3 is 10.1 Å². The molecule has 172 valence electrons. The van der Waals surface area contributed by atoms with Gasteiger partial charge in [0.15, 0.2) is 0 Å². The van der Waals surface area contributed by atoms with Gasteiger partial charge >= 0.3 is 5.97 Å². The summed E-state index contributed by atoms with van der Waals surface area (Å²) in [5.74, 6) is 0.231. The van der Waals surface area contributed by atoms with E-state index in [1.54, 1.807) is 11.3 Å². The molecular weight excluding hydrogens is 422 g/mol. The number of hydrogen-bond donors (Lipinski definition) is 1. The molecule has 1 aliphatic carbocycles. The Morgan fingerprint density at radius 1 is 1.12 bits per heavy atom. The second-order valence-corrected chi connectivity index (χ2v) is 9.97. The van der Waals surface area contributed by atoms with Gasteiger partial charge in [-0.05, 0) is 43.2 Å².